The number of anilines is 1. The van der Waals surface area contributed by atoms with Crippen molar-refractivity contribution in [2.75, 3.05) is 11.6 Å². The van der Waals surface area contributed by atoms with Crippen LogP contribution < -0.4 is 5.32 Å². The van der Waals surface area contributed by atoms with Crippen molar-refractivity contribution < 1.29 is 13.2 Å². The van der Waals surface area contributed by atoms with Crippen LogP contribution in [0.3, 0.4) is 0 Å². The molecular formula is C16H13ClN2O3S. The molecule has 118 valence electrons. The first-order chi connectivity index (χ1) is 10.8. The van der Waals surface area contributed by atoms with E-state index in [9.17, 15) is 13.2 Å². The van der Waals surface area contributed by atoms with Crippen molar-refractivity contribution in [2.24, 2.45) is 0 Å². The molecule has 0 fully saturated rings. The van der Waals surface area contributed by atoms with Crippen molar-refractivity contribution in [3.63, 3.8) is 0 Å². The Morgan fingerprint density at radius 1 is 1.22 bits per heavy atom. The van der Waals surface area contributed by atoms with E-state index in [0.29, 0.717) is 5.69 Å². The molecular weight excluding hydrogens is 336 g/mol. The molecule has 7 heteroatoms. The lowest BCUT2D eigenvalue weighted by Crippen LogP contribution is -2.13. The van der Waals surface area contributed by atoms with Gasteiger partial charge >= 0.3 is 0 Å². The van der Waals surface area contributed by atoms with Gasteiger partial charge in [-0.15, -0.1) is 0 Å². The maximum absolute atomic E-state index is 12.3. The van der Waals surface area contributed by atoms with Gasteiger partial charge in [-0.1, -0.05) is 23.7 Å². The number of sulfone groups is 1. The lowest BCUT2D eigenvalue weighted by atomic mass is 10.1. The van der Waals surface area contributed by atoms with Gasteiger partial charge in [-0.3, -0.25) is 4.79 Å². The Bertz CT molecular complexity index is 885. The van der Waals surface area contributed by atoms with Gasteiger partial charge < -0.3 is 5.32 Å². The van der Waals surface area contributed by atoms with Crippen molar-refractivity contribution in [3.8, 4) is 6.07 Å². The molecule has 0 heterocycles. The van der Waals surface area contributed by atoms with E-state index in [0.717, 1.165) is 11.8 Å². The number of nitrogens with one attached hydrogen (secondary N) is 1. The molecule has 1 N–H and O–H groups in total. The summed E-state index contributed by atoms with van der Waals surface area (Å²) in [5.41, 5.74) is 1.44. The van der Waals surface area contributed by atoms with E-state index < -0.39 is 15.7 Å². The summed E-state index contributed by atoms with van der Waals surface area (Å²) in [6.45, 7) is 0. The monoisotopic (exact) mass is 348 g/mol. The van der Waals surface area contributed by atoms with Gasteiger partial charge in [0, 0.05) is 11.9 Å². The maximum Gasteiger partial charge on any atom is 0.257 e. The SMILES string of the molecule is CS(=O)(=O)c1ccc(Cl)c(C(=O)Nc2ccc(CC#N)cc2)c1. The minimum Gasteiger partial charge on any atom is -0.322 e. The van der Waals surface area contributed by atoms with Gasteiger partial charge in [-0.2, -0.15) is 5.26 Å². The largest absolute Gasteiger partial charge is 0.322 e. The molecule has 2 rings (SSSR count). The molecule has 5 nitrogen and oxygen atoms in total. The highest BCUT2D eigenvalue weighted by Crippen LogP contribution is 2.22. The summed E-state index contributed by atoms with van der Waals surface area (Å²) in [7, 11) is -3.43. The van der Waals surface area contributed by atoms with Gasteiger partial charge in [0.2, 0.25) is 0 Å². The van der Waals surface area contributed by atoms with E-state index in [1.54, 1.807) is 24.3 Å². The molecule has 2 aromatic carbocycles. The zero-order chi connectivity index (χ0) is 17.0. The molecule has 23 heavy (non-hydrogen) atoms. The number of carbonyl (C=O) groups excluding carboxylic acids is 1. The van der Waals surface area contributed by atoms with Crippen molar-refractivity contribution in [3.05, 3.63) is 58.6 Å². The molecule has 2 aromatic rings. The van der Waals surface area contributed by atoms with Gasteiger partial charge in [0.15, 0.2) is 9.84 Å². The molecule has 0 spiro atoms. The number of nitriles is 1. The minimum atomic E-state index is -3.43. The van der Waals surface area contributed by atoms with E-state index >= 15 is 0 Å². The van der Waals surface area contributed by atoms with Crippen LogP contribution in [0.15, 0.2) is 47.4 Å². The highest BCUT2D eigenvalue weighted by Gasteiger charge is 2.15. The van der Waals surface area contributed by atoms with Crippen molar-refractivity contribution >= 4 is 33.0 Å². The molecule has 0 aliphatic heterocycles. The Labute approximate surface area is 139 Å². The Kier molecular flexibility index (Phi) is 5.04. The molecule has 0 radical (unpaired) electrons. The van der Waals surface area contributed by atoms with E-state index in [2.05, 4.69) is 5.32 Å². The molecule has 0 bridgehead atoms. The van der Waals surface area contributed by atoms with Crippen LogP contribution in [0.25, 0.3) is 0 Å². The number of halogens is 1. The molecule has 0 atom stereocenters. The Morgan fingerprint density at radius 3 is 2.43 bits per heavy atom. The van der Waals surface area contributed by atoms with Crippen LogP contribution >= 0.6 is 11.6 Å². The van der Waals surface area contributed by atoms with Crippen LogP contribution in [0.1, 0.15) is 15.9 Å². The maximum atomic E-state index is 12.3. The Morgan fingerprint density at radius 2 is 1.87 bits per heavy atom. The quantitative estimate of drug-likeness (QED) is 0.919. The molecule has 0 unspecified atom stereocenters. The summed E-state index contributed by atoms with van der Waals surface area (Å²) >= 11 is 5.98. The number of hydrogen-bond donors (Lipinski definition) is 1. The van der Waals surface area contributed by atoms with Crippen LogP contribution in [0.5, 0.6) is 0 Å². The zero-order valence-electron chi connectivity index (χ0n) is 12.2. The summed E-state index contributed by atoms with van der Waals surface area (Å²) in [4.78, 5) is 12.3. The number of benzene rings is 2. The lowest BCUT2D eigenvalue weighted by Gasteiger charge is -2.09. The fourth-order valence-electron chi connectivity index (χ4n) is 1.90. The number of rotatable bonds is 4. The molecule has 0 saturated carbocycles. The second-order valence-electron chi connectivity index (χ2n) is 4.90. The van der Waals surface area contributed by atoms with E-state index in [1.807, 2.05) is 6.07 Å². The number of hydrogen-bond acceptors (Lipinski definition) is 4. The minimum absolute atomic E-state index is 0.0245. The van der Waals surface area contributed by atoms with Crippen molar-refractivity contribution in [2.45, 2.75) is 11.3 Å². The van der Waals surface area contributed by atoms with Gasteiger partial charge in [-0.25, -0.2) is 8.42 Å². The third-order valence-corrected chi connectivity index (χ3v) is 4.55. The third kappa shape index (κ3) is 4.31. The fraction of sp³-hybridized carbons (Fsp3) is 0.125. The first-order valence-corrected chi connectivity index (χ1v) is 8.85. The smallest absolute Gasteiger partial charge is 0.257 e. The Balaban J connectivity index is 2.25. The van der Waals surface area contributed by atoms with E-state index in [4.69, 9.17) is 16.9 Å². The second-order valence-corrected chi connectivity index (χ2v) is 7.32. The summed E-state index contributed by atoms with van der Waals surface area (Å²) in [5.74, 6) is -0.506. The summed E-state index contributed by atoms with van der Waals surface area (Å²) in [6.07, 6.45) is 1.35. The van der Waals surface area contributed by atoms with Crippen LogP contribution in [0.4, 0.5) is 5.69 Å². The number of nitrogens with zero attached hydrogens (tertiary/aromatic N) is 1. The van der Waals surface area contributed by atoms with Gasteiger partial charge in [0.1, 0.15) is 0 Å². The standard InChI is InChI=1S/C16H13ClN2O3S/c1-23(21,22)13-6-7-15(17)14(10-13)16(20)19-12-4-2-11(3-5-12)8-9-18/h2-7,10H,8H2,1H3,(H,19,20). The van der Waals surface area contributed by atoms with Crippen LogP contribution in [-0.4, -0.2) is 20.6 Å². The van der Waals surface area contributed by atoms with Crippen LogP contribution in [0.2, 0.25) is 5.02 Å². The van der Waals surface area contributed by atoms with Crippen molar-refractivity contribution in [1.82, 2.24) is 0 Å². The lowest BCUT2D eigenvalue weighted by molar-refractivity contribution is 0.102. The summed E-state index contributed by atoms with van der Waals surface area (Å²) in [6, 6.07) is 12.8. The summed E-state index contributed by atoms with van der Waals surface area (Å²) in [5, 5.41) is 11.4. The zero-order valence-corrected chi connectivity index (χ0v) is 13.8. The fourth-order valence-corrected chi connectivity index (χ4v) is 2.76. The van der Waals surface area contributed by atoms with Crippen LogP contribution in [-0.2, 0) is 16.3 Å². The summed E-state index contributed by atoms with van der Waals surface area (Å²) < 4.78 is 23.2. The first kappa shape index (κ1) is 17.0. The van der Waals surface area contributed by atoms with Gasteiger partial charge in [0.05, 0.1) is 28.0 Å². The number of carbonyl (C=O) groups is 1. The molecule has 0 aromatic heterocycles. The molecule has 0 aliphatic carbocycles. The topological polar surface area (TPSA) is 87.0 Å². The third-order valence-electron chi connectivity index (χ3n) is 3.11. The predicted molar refractivity (Wildman–Crippen MR) is 88.3 cm³/mol. The average Bonchev–Trinajstić information content (AvgIpc) is 2.48. The molecule has 0 aliphatic rings. The van der Waals surface area contributed by atoms with E-state index in [-0.39, 0.29) is 21.9 Å². The highest BCUT2D eigenvalue weighted by atomic mass is 35.5. The van der Waals surface area contributed by atoms with Crippen LogP contribution in [0, 0.1) is 11.3 Å². The average molecular weight is 349 g/mol. The second kappa shape index (κ2) is 6.82. The highest BCUT2D eigenvalue weighted by molar-refractivity contribution is 7.90. The first-order valence-electron chi connectivity index (χ1n) is 6.58. The Hall–Kier alpha value is -2.36. The molecule has 1 amide bonds. The number of amides is 1. The van der Waals surface area contributed by atoms with E-state index in [1.165, 1.54) is 18.2 Å². The predicted octanol–water partition coefficient (Wildman–Crippen LogP) is 3.06. The van der Waals surface area contributed by atoms with Crippen molar-refractivity contribution in [1.29, 1.82) is 5.26 Å². The molecule has 0 saturated heterocycles. The van der Waals surface area contributed by atoms with Gasteiger partial charge in [-0.05, 0) is 35.9 Å². The van der Waals surface area contributed by atoms with Gasteiger partial charge in [0.25, 0.3) is 5.91 Å². The normalized spacial score (nSPS) is 10.8.